The molecule has 0 saturated heterocycles. The van der Waals surface area contributed by atoms with Crippen molar-refractivity contribution in [1.29, 1.82) is 0 Å². The molecule has 0 atom stereocenters. The van der Waals surface area contributed by atoms with Gasteiger partial charge >= 0.3 is 5.97 Å². The third kappa shape index (κ3) is 7.14. The average molecular weight is 189 g/mol. The van der Waals surface area contributed by atoms with Gasteiger partial charge in [0.25, 0.3) is 0 Å². The highest BCUT2D eigenvalue weighted by Gasteiger charge is 2.01. The van der Waals surface area contributed by atoms with Crippen LogP contribution >= 0.6 is 11.8 Å². The fourth-order valence-electron chi connectivity index (χ4n) is 0.468. The summed E-state index contributed by atoms with van der Waals surface area (Å²) in [5, 5.41) is 10.8. The molecule has 0 rings (SSSR count). The van der Waals surface area contributed by atoms with Crippen LogP contribution in [0.5, 0.6) is 0 Å². The van der Waals surface area contributed by atoms with E-state index in [1.54, 1.807) is 6.08 Å². The van der Waals surface area contributed by atoms with Crippen LogP contribution in [0.15, 0.2) is 12.7 Å². The standard InChI is InChI=1S/C7H11NO3S/c1-2-3-8-6(9)4-12-5-7(10)11/h2H,1,3-5H2,(H,8,9)(H,10,11). The van der Waals surface area contributed by atoms with Crippen LogP contribution in [-0.4, -0.2) is 35.0 Å². The van der Waals surface area contributed by atoms with E-state index in [9.17, 15) is 9.59 Å². The van der Waals surface area contributed by atoms with Crippen molar-refractivity contribution in [2.75, 3.05) is 18.1 Å². The Morgan fingerprint density at radius 2 is 2.17 bits per heavy atom. The minimum Gasteiger partial charge on any atom is -0.481 e. The van der Waals surface area contributed by atoms with Gasteiger partial charge in [0.05, 0.1) is 11.5 Å². The van der Waals surface area contributed by atoms with Gasteiger partial charge in [0, 0.05) is 6.54 Å². The largest absolute Gasteiger partial charge is 0.481 e. The number of nitrogens with one attached hydrogen (secondary N) is 1. The summed E-state index contributed by atoms with van der Waals surface area (Å²) in [6.45, 7) is 3.85. The maximum absolute atomic E-state index is 10.8. The van der Waals surface area contributed by atoms with Crippen molar-refractivity contribution in [3.63, 3.8) is 0 Å². The van der Waals surface area contributed by atoms with Crippen molar-refractivity contribution >= 4 is 23.6 Å². The van der Waals surface area contributed by atoms with Gasteiger partial charge < -0.3 is 10.4 Å². The van der Waals surface area contributed by atoms with Gasteiger partial charge in [0.15, 0.2) is 0 Å². The fraction of sp³-hybridized carbons (Fsp3) is 0.429. The number of thioether (sulfide) groups is 1. The molecule has 0 aliphatic rings. The number of hydrogen-bond donors (Lipinski definition) is 2. The third-order valence-corrected chi connectivity index (χ3v) is 1.82. The number of hydrogen-bond acceptors (Lipinski definition) is 3. The number of carboxylic acids is 1. The molecule has 0 aliphatic carbocycles. The Hall–Kier alpha value is -0.970. The fourth-order valence-corrected chi connectivity index (χ4v) is 1.03. The normalized spacial score (nSPS) is 9.00. The molecule has 4 nitrogen and oxygen atoms in total. The van der Waals surface area contributed by atoms with Gasteiger partial charge in [-0.1, -0.05) is 6.08 Å². The highest BCUT2D eigenvalue weighted by atomic mass is 32.2. The topological polar surface area (TPSA) is 66.4 Å². The molecule has 5 heteroatoms. The zero-order valence-corrected chi connectivity index (χ0v) is 7.39. The van der Waals surface area contributed by atoms with Crippen molar-refractivity contribution in [3.05, 3.63) is 12.7 Å². The molecule has 0 spiro atoms. The van der Waals surface area contributed by atoms with Crippen LogP contribution in [-0.2, 0) is 9.59 Å². The second-order valence-electron chi connectivity index (χ2n) is 1.98. The van der Waals surface area contributed by atoms with Crippen LogP contribution < -0.4 is 5.32 Å². The Balaban J connectivity index is 3.31. The summed E-state index contributed by atoms with van der Waals surface area (Å²) >= 11 is 1.07. The predicted octanol–water partition coefficient (Wildman–Crippen LogP) is 0.106. The lowest BCUT2D eigenvalue weighted by atomic mass is 10.6. The van der Waals surface area contributed by atoms with Crippen molar-refractivity contribution in [2.24, 2.45) is 0 Å². The molecule has 0 aliphatic heterocycles. The first-order valence-corrected chi connectivity index (χ1v) is 4.49. The van der Waals surface area contributed by atoms with E-state index in [2.05, 4.69) is 11.9 Å². The van der Waals surface area contributed by atoms with Gasteiger partial charge in [-0.15, -0.1) is 18.3 Å². The summed E-state index contributed by atoms with van der Waals surface area (Å²) in [7, 11) is 0. The SMILES string of the molecule is C=CCNC(=O)CSCC(=O)O. The number of rotatable bonds is 6. The Morgan fingerprint density at radius 1 is 1.50 bits per heavy atom. The average Bonchev–Trinajstić information content (AvgIpc) is 2.00. The first-order valence-electron chi connectivity index (χ1n) is 3.34. The summed E-state index contributed by atoms with van der Waals surface area (Å²) in [6, 6.07) is 0. The van der Waals surface area contributed by atoms with E-state index in [0.717, 1.165) is 11.8 Å². The van der Waals surface area contributed by atoms with E-state index in [4.69, 9.17) is 5.11 Å². The molecule has 1 amide bonds. The minimum atomic E-state index is -0.906. The maximum Gasteiger partial charge on any atom is 0.313 e. The summed E-state index contributed by atoms with van der Waals surface area (Å²) in [5.74, 6) is -0.931. The summed E-state index contributed by atoms with van der Waals surface area (Å²) in [6.07, 6.45) is 1.57. The van der Waals surface area contributed by atoms with Gasteiger partial charge in [0.1, 0.15) is 0 Å². The quantitative estimate of drug-likeness (QED) is 0.582. The lowest BCUT2D eigenvalue weighted by molar-refractivity contribution is -0.133. The van der Waals surface area contributed by atoms with E-state index >= 15 is 0 Å². The van der Waals surface area contributed by atoms with Gasteiger partial charge in [0.2, 0.25) is 5.91 Å². The predicted molar refractivity (Wildman–Crippen MR) is 48.2 cm³/mol. The van der Waals surface area contributed by atoms with Gasteiger partial charge in [-0.25, -0.2) is 0 Å². The smallest absolute Gasteiger partial charge is 0.313 e. The molecule has 0 saturated carbocycles. The second-order valence-corrected chi connectivity index (χ2v) is 2.96. The lowest BCUT2D eigenvalue weighted by Gasteiger charge is -1.99. The number of amides is 1. The molecule has 0 bridgehead atoms. The molecule has 0 heterocycles. The van der Waals surface area contributed by atoms with E-state index in [0.29, 0.717) is 6.54 Å². The van der Waals surface area contributed by atoms with Crippen molar-refractivity contribution in [1.82, 2.24) is 5.32 Å². The lowest BCUT2D eigenvalue weighted by Crippen LogP contribution is -2.25. The van der Waals surface area contributed by atoms with Gasteiger partial charge in [-0.2, -0.15) is 0 Å². The summed E-state index contributed by atoms with van der Waals surface area (Å²) < 4.78 is 0. The Labute approximate surface area is 75.0 Å². The number of carbonyl (C=O) groups is 2. The summed E-state index contributed by atoms with van der Waals surface area (Å²) in [5.41, 5.74) is 0. The number of aliphatic carboxylic acids is 1. The first kappa shape index (κ1) is 11.0. The first-order chi connectivity index (χ1) is 5.66. The van der Waals surface area contributed by atoms with Crippen LogP contribution in [0, 0.1) is 0 Å². The van der Waals surface area contributed by atoms with Crippen LogP contribution in [0.4, 0.5) is 0 Å². The molecule has 2 N–H and O–H groups in total. The van der Waals surface area contributed by atoms with E-state index in [-0.39, 0.29) is 17.4 Å². The maximum atomic E-state index is 10.8. The second kappa shape index (κ2) is 6.72. The Kier molecular flexibility index (Phi) is 6.18. The number of carbonyl (C=O) groups excluding carboxylic acids is 1. The molecule has 68 valence electrons. The number of carboxylic acid groups (broad SMARTS) is 1. The highest BCUT2D eigenvalue weighted by molar-refractivity contribution is 8.00. The molecular weight excluding hydrogens is 178 g/mol. The Morgan fingerprint density at radius 3 is 2.67 bits per heavy atom. The van der Waals surface area contributed by atoms with Gasteiger partial charge in [-0.3, -0.25) is 9.59 Å². The van der Waals surface area contributed by atoms with E-state index < -0.39 is 5.97 Å². The van der Waals surface area contributed by atoms with E-state index in [1.165, 1.54) is 0 Å². The van der Waals surface area contributed by atoms with Crippen LogP contribution in [0.2, 0.25) is 0 Å². The molecule has 0 radical (unpaired) electrons. The molecule has 0 fully saturated rings. The molecule has 0 aromatic carbocycles. The van der Waals surface area contributed by atoms with Crippen LogP contribution in [0.1, 0.15) is 0 Å². The molecule has 0 aromatic heterocycles. The highest BCUT2D eigenvalue weighted by Crippen LogP contribution is 1.97. The van der Waals surface area contributed by atoms with Crippen molar-refractivity contribution in [2.45, 2.75) is 0 Å². The summed E-state index contributed by atoms with van der Waals surface area (Å²) in [4.78, 5) is 20.8. The minimum absolute atomic E-state index is 0.0402. The zero-order chi connectivity index (χ0) is 9.40. The monoisotopic (exact) mass is 189 g/mol. The van der Waals surface area contributed by atoms with Crippen LogP contribution in [0.3, 0.4) is 0 Å². The molecule has 12 heavy (non-hydrogen) atoms. The molecule has 0 aromatic rings. The van der Waals surface area contributed by atoms with Crippen molar-refractivity contribution in [3.8, 4) is 0 Å². The molecule has 0 unspecified atom stereocenters. The Bertz CT molecular complexity index is 181. The van der Waals surface area contributed by atoms with Crippen LogP contribution in [0.25, 0.3) is 0 Å². The van der Waals surface area contributed by atoms with Crippen molar-refractivity contribution < 1.29 is 14.7 Å². The molecular formula is C7H11NO3S. The van der Waals surface area contributed by atoms with Gasteiger partial charge in [-0.05, 0) is 0 Å². The zero-order valence-electron chi connectivity index (χ0n) is 6.58. The third-order valence-electron chi connectivity index (χ3n) is 0.902. The van der Waals surface area contributed by atoms with E-state index in [1.807, 2.05) is 0 Å².